The van der Waals surface area contributed by atoms with Gasteiger partial charge in [0, 0.05) is 29.0 Å². The smallest absolute Gasteiger partial charge is 0.150 e. The minimum atomic E-state index is 0.517. The Balaban J connectivity index is 1.96. The van der Waals surface area contributed by atoms with Crippen LogP contribution in [-0.4, -0.2) is 21.1 Å². The van der Waals surface area contributed by atoms with Crippen LogP contribution < -0.4 is 5.32 Å². The zero-order valence-corrected chi connectivity index (χ0v) is 17.0. The number of nitrogens with zero attached hydrogens (tertiary/aromatic N) is 3. The largest absolute Gasteiger partial charge is 0.369 e. The van der Waals surface area contributed by atoms with Gasteiger partial charge in [0.1, 0.15) is 12.1 Å². The van der Waals surface area contributed by atoms with E-state index in [0.29, 0.717) is 5.92 Å². The van der Waals surface area contributed by atoms with E-state index >= 15 is 0 Å². The molecule has 2 heterocycles. The molecule has 4 aromatic rings. The summed E-state index contributed by atoms with van der Waals surface area (Å²) in [6, 6.07) is 16.4. The number of benzene rings is 2. The Kier molecular flexibility index (Phi) is 5.05. The van der Waals surface area contributed by atoms with Crippen molar-refractivity contribution in [1.82, 2.24) is 14.5 Å². The SMILES string of the molecule is Cc1ccc(-n2cc(-c3ccccc3)c3c(NCC(C)C)ncnc32)cc1Cl. The van der Waals surface area contributed by atoms with Gasteiger partial charge in [-0.2, -0.15) is 0 Å². The normalized spacial score (nSPS) is 11.3. The van der Waals surface area contributed by atoms with Gasteiger partial charge in [-0.3, -0.25) is 0 Å². The molecule has 1 N–H and O–H groups in total. The van der Waals surface area contributed by atoms with Gasteiger partial charge in [-0.15, -0.1) is 0 Å². The highest BCUT2D eigenvalue weighted by Gasteiger charge is 2.17. The third-order valence-electron chi connectivity index (χ3n) is 4.78. The third-order valence-corrected chi connectivity index (χ3v) is 5.19. The van der Waals surface area contributed by atoms with Crippen LogP contribution in [0.2, 0.25) is 5.02 Å². The average Bonchev–Trinajstić information content (AvgIpc) is 3.09. The van der Waals surface area contributed by atoms with Crippen molar-refractivity contribution >= 4 is 28.5 Å². The van der Waals surface area contributed by atoms with Gasteiger partial charge in [-0.25, -0.2) is 9.97 Å². The summed E-state index contributed by atoms with van der Waals surface area (Å²) < 4.78 is 2.09. The Labute approximate surface area is 170 Å². The number of hydrogen-bond acceptors (Lipinski definition) is 3. The summed E-state index contributed by atoms with van der Waals surface area (Å²) in [4.78, 5) is 9.15. The molecule has 0 fully saturated rings. The molecule has 0 saturated heterocycles. The van der Waals surface area contributed by atoms with Crippen molar-refractivity contribution in [2.45, 2.75) is 20.8 Å². The zero-order chi connectivity index (χ0) is 19.7. The molecule has 0 saturated carbocycles. The van der Waals surface area contributed by atoms with Gasteiger partial charge in [0.05, 0.1) is 5.39 Å². The molecule has 0 radical (unpaired) electrons. The second-order valence-corrected chi connectivity index (χ2v) is 7.82. The van der Waals surface area contributed by atoms with Crippen molar-refractivity contribution in [2.24, 2.45) is 5.92 Å². The zero-order valence-electron chi connectivity index (χ0n) is 16.3. The van der Waals surface area contributed by atoms with E-state index in [2.05, 4.69) is 58.1 Å². The number of nitrogens with one attached hydrogen (secondary N) is 1. The van der Waals surface area contributed by atoms with Crippen molar-refractivity contribution in [1.29, 1.82) is 0 Å². The van der Waals surface area contributed by atoms with E-state index in [1.807, 2.05) is 37.3 Å². The number of aryl methyl sites for hydroxylation is 1. The van der Waals surface area contributed by atoms with Crippen LogP contribution in [0.3, 0.4) is 0 Å². The van der Waals surface area contributed by atoms with E-state index in [9.17, 15) is 0 Å². The van der Waals surface area contributed by atoms with Crippen LogP contribution in [0.25, 0.3) is 27.8 Å². The van der Waals surface area contributed by atoms with Gasteiger partial charge in [-0.05, 0) is 36.1 Å². The fourth-order valence-corrected chi connectivity index (χ4v) is 3.44. The number of anilines is 1. The summed E-state index contributed by atoms with van der Waals surface area (Å²) in [6.07, 6.45) is 3.74. The predicted molar refractivity (Wildman–Crippen MR) is 117 cm³/mol. The highest BCUT2D eigenvalue weighted by molar-refractivity contribution is 6.31. The summed E-state index contributed by atoms with van der Waals surface area (Å²) in [5, 5.41) is 5.25. The molecule has 0 amide bonds. The van der Waals surface area contributed by atoms with Crippen molar-refractivity contribution < 1.29 is 0 Å². The topological polar surface area (TPSA) is 42.7 Å². The molecular formula is C23H23ClN4. The van der Waals surface area contributed by atoms with Crippen molar-refractivity contribution in [3.8, 4) is 16.8 Å². The highest BCUT2D eigenvalue weighted by Crippen LogP contribution is 2.35. The molecule has 0 atom stereocenters. The molecule has 2 aromatic heterocycles. The number of rotatable bonds is 5. The maximum atomic E-state index is 6.40. The van der Waals surface area contributed by atoms with Crippen LogP contribution in [0.5, 0.6) is 0 Å². The van der Waals surface area contributed by atoms with Gasteiger partial charge >= 0.3 is 0 Å². The Hall–Kier alpha value is -2.85. The van der Waals surface area contributed by atoms with E-state index in [1.54, 1.807) is 6.33 Å². The fourth-order valence-electron chi connectivity index (χ4n) is 3.26. The maximum Gasteiger partial charge on any atom is 0.150 e. The molecule has 4 rings (SSSR count). The van der Waals surface area contributed by atoms with Crippen LogP contribution in [-0.2, 0) is 0 Å². The van der Waals surface area contributed by atoms with Crippen LogP contribution >= 0.6 is 11.6 Å². The molecule has 0 unspecified atom stereocenters. The van der Waals surface area contributed by atoms with Gasteiger partial charge in [-0.1, -0.05) is 61.8 Å². The van der Waals surface area contributed by atoms with Gasteiger partial charge in [0.2, 0.25) is 0 Å². The molecule has 28 heavy (non-hydrogen) atoms. The van der Waals surface area contributed by atoms with Gasteiger partial charge in [0.15, 0.2) is 5.65 Å². The molecule has 2 aromatic carbocycles. The van der Waals surface area contributed by atoms with Crippen molar-refractivity contribution in [3.63, 3.8) is 0 Å². The molecule has 4 nitrogen and oxygen atoms in total. The van der Waals surface area contributed by atoms with Crippen LogP contribution in [0.15, 0.2) is 61.1 Å². The van der Waals surface area contributed by atoms with Crippen LogP contribution in [0.4, 0.5) is 5.82 Å². The lowest BCUT2D eigenvalue weighted by atomic mass is 10.1. The standard InChI is InChI=1S/C23H23ClN4/c1-15(2)12-25-22-21-19(17-7-5-4-6-8-17)13-28(23(21)27-14-26-22)18-10-9-16(3)20(24)11-18/h4-11,13-15H,12H2,1-3H3,(H,25,26,27). The van der Waals surface area contributed by atoms with Crippen LogP contribution in [0, 0.1) is 12.8 Å². The molecular weight excluding hydrogens is 368 g/mol. The average molecular weight is 391 g/mol. The summed E-state index contributed by atoms with van der Waals surface area (Å²) in [6.45, 7) is 7.22. The van der Waals surface area contributed by atoms with Crippen molar-refractivity contribution in [3.05, 3.63) is 71.6 Å². The summed E-state index contributed by atoms with van der Waals surface area (Å²) in [5.41, 5.74) is 5.13. The summed E-state index contributed by atoms with van der Waals surface area (Å²) >= 11 is 6.40. The maximum absolute atomic E-state index is 6.40. The molecule has 0 bridgehead atoms. The number of aromatic nitrogens is 3. The summed E-state index contributed by atoms with van der Waals surface area (Å²) in [7, 11) is 0. The molecule has 5 heteroatoms. The van der Waals surface area contributed by atoms with Crippen molar-refractivity contribution in [2.75, 3.05) is 11.9 Å². The Morgan fingerprint density at radius 1 is 1.07 bits per heavy atom. The number of halogens is 1. The van der Waals surface area contributed by atoms with Gasteiger partial charge in [0.25, 0.3) is 0 Å². The number of hydrogen-bond donors (Lipinski definition) is 1. The number of fused-ring (bicyclic) bond motifs is 1. The van der Waals surface area contributed by atoms with E-state index in [-0.39, 0.29) is 0 Å². The first-order chi connectivity index (χ1) is 13.5. The second-order valence-electron chi connectivity index (χ2n) is 7.41. The Bertz CT molecular complexity index is 1120. The lowest BCUT2D eigenvalue weighted by molar-refractivity contribution is 0.687. The predicted octanol–water partition coefficient (Wildman–Crippen LogP) is 6.12. The first-order valence-corrected chi connectivity index (χ1v) is 9.84. The second kappa shape index (κ2) is 7.64. The van der Waals surface area contributed by atoms with Crippen LogP contribution in [0.1, 0.15) is 19.4 Å². The minimum absolute atomic E-state index is 0.517. The third kappa shape index (κ3) is 3.48. The monoisotopic (exact) mass is 390 g/mol. The van der Waals surface area contributed by atoms with E-state index < -0.39 is 0 Å². The minimum Gasteiger partial charge on any atom is -0.369 e. The molecule has 0 aliphatic heterocycles. The van der Waals surface area contributed by atoms with E-state index in [0.717, 1.165) is 50.8 Å². The van der Waals surface area contributed by atoms with E-state index in [4.69, 9.17) is 11.6 Å². The Morgan fingerprint density at radius 3 is 2.57 bits per heavy atom. The molecule has 142 valence electrons. The first-order valence-electron chi connectivity index (χ1n) is 9.46. The highest BCUT2D eigenvalue weighted by atomic mass is 35.5. The molecule has 0 aliphatic rings. The Morgan fingerprint density at radius 2 is 1.86 bits per heavy atom. The van der Waals surface area contributed by atoms with E-state index in [1.165, 1.54) is 0 Å². The lowest BCUT2D eigenvalue weighted by Gasteiger charge is -2.10. The quantitative estimate of drug-likeness (QED) is 0.446. The first kappa shape index (κ1) is 18.5. The molecule has 0 aliphatic carbocycles. The fraction of sp³-hybridized carbons (Fsp3) is 0.217. The van der Waals surface area contributed by atoms with Gasteiger partial charge < -0.3 is 9.88 Å². The lowest BCUT2D eigenvalue weighted by Crippen LogP contribution is -2.09. The summed E-state index contributed by atoms with van der Waals surface area (Å²) in [5.74, 6) is 1.37. The molecule has 0 spiro atoms.